The first-order valence-corrected chi connectivity index (χ1v) is 7.49. The van der Waals surface area contributed by atoms with E-state index in [1.54, 1.807) is 29.2 Å². The summed E-state index contributed by atoms with van der Waals surface area (Å²) in [5, 5.41) is 0.299. The van der Waals surface area contributed by atoms with E-state index in [0.29, 0.717) is 24.0 Å². The first-order valence-electron chi connectivity index (χ1n) is 7.49. The summed E-state index contributed by atoms with van der Waals surface area (Å²) < 4.78 is 5.92. The standard InChI is InChI=1S/C16H20N2O4/c1-3-9-17(10-4-2)14(19)11-18-13-8-6-5-7-12(13)15(20)22-16(18)21/h5-8H,3-4,9-11H2,1-2H3. The van der Waals surface area contributed by atoms with Crippen molar-refractivity contribution >= 4 is 16.8 Å². The number of para-hydroxylation sites is 1. The number of amides is 1. The first-order chi connectivity index (χ1) is 10.6. The van der Waals surface area contributed by atoms with Crippen LogP contribution in [-0.2, 0) is 11.3 Å². The number of fused-ring (bicyclic) bond motifs is 1. The van der Waals surface area contributed by atoms with Crippen LogP contribution >= 0.6 is 0 Å². The van der Waals surface area contributed by atoms with Gasteiger partial charge in [-0.25, -0.2) is 9.59 Å². The number of carbonyl (C=O) groups excluding carboxylic acids is 1. The molecule has 22 heavy (non-hydrogen) atoms. The minimum atomic E-state index is -0.801. The van der Waals surface area contributed by atoms with E-state index in [4.69, 9.17) is 4.42 Å². The predicted molar refractivity (Wildman–Crippen MR) is 83.9 cm³/mol. The molecule has 0 bridgehead atoms. The van der Waals surface area contributed by atoms with Crippen molar-refractivity contribution in [1.29, 1.82) is 0 Å². The molecule has 0 spiro atoms. The van der Waals surface area contributed by atoms with Gasteiger partial charge >= 0.3 is 11.4 Å². The van der Waals surface area contributed by atoms with Crippen LogP contribution in [0.3, 0.4) is 0 Å². The van der Waals surface area contributed by atoms with Crippen molar-refractivity contribution in [3.05, 3.63) is 45.2 Å². The molecule has 6 heteroatoms. The highest BCUT2D eigenvalue weighted by Gasteiger charge is 2.16. The molecule has 0 aliphatic heterocycles. The number of benzene rings is 1. The highest BCUT2D eigenvalue weighted by Crippen LogP contribution is 2.08. The number of rotatable bonds is 6. The second kappa shape index (κ2) is 7.06. The van der Waals surface area contributed by atoms with Gasteiger partial charge in [0.05, 0.1) is 10.9 Å². The van der Waals surface area contributed by atoms with Crippen LogP contribution in [0, 0.1) is 0 Å². The lowest BCUT2D eigenvalue weighted by Crippen LogP contribution is -2.38. The summed E-state index contributed by atoms with van der Waals surface area (Å²) in [6.45, 7) is 5.17. The van der Waals surface area contributed by atoms with Gasteiger partial charge in [0.2, 0.25) is 5.91 Å². The van der Waals surface area contributed by atoms with Crippen molar-refractivity contribution in [2.45, 2.75) is 33.2 Å². The van der Waals surface area contributed by atoms with Crippen molar-refractivity contribution < 1.29 is 9.21 Å². The van der Waals surface area contributed by atoms with Crippen LogP contribution < -0.4 is 11.4 Å². The summed E-state index contributed by atoms with van der Waals surface area (Å²) in [7, 11) is 0. The Bertz CT molecular complexity index is 770. The van der Waals surface area contributed by atoms with Crippen LogP contribution in [0.5, 0.6) is 0 Å². The Morgan fingerprint density at radius 2 is 1.77 bits per heavy atom. The van der Waals surface area contributed by atoms with Crippen LogP contribution in [0.2, 0.25) is 0 Å². The molecule has 118 valence electrons. The molecular weight excluding hydrogens is 284 g/mol. The van der Waals surface area contributed by atoms with Crippen LogP contribution in [0.4, 0.5) is 0 Å². The Labute approximate surface area is 128 Å². The molecule has 0 aliphatic rings. The van der Waals surface area contributed by atoms with E-state index in [1.165, 1.54) is 4.57 Å². The molecule has 2 aromatic rings. The van der Waals surface area contributed by atoms with Gasteiger partial charge in [-0.05, 0) is 25.0 Å². The zero-order valence-corrected chi connectivity index (χ0v) is 12.9. The fourth-order valence-electron chi connectivity index (χ4n) is 2.46. The molecule has 1 aromatic heterocycles. The lowest BCUT2D eigenvalue weighted by molar-refractivity contribution is -0.132. The Hall–Kier alpha value is -2.37. The molecule has 1 heterocycles. The predicted octanol–water partition coefficient (Wildman–Crippen LogP) is 1.60. The third-order valence-corrected chi connectivity index (χ3v) is 3.45. The summed E-state index contributed by atoms with van der Waals surface area (Å²) in [6.07, 6.45) is 1.70. The van der Waals surface area contributed by atoms with Crippen molar-refractivity contribution in [1.82, 2.24) is 9.47 Å². The summed E-state index contributed by atoms with van der Waals surface area (Å²) in [4.78, 5) is 37.8. The molecule has 0 N–H and O–H groups in total. The SMILES string of the molecule is CCCN(CCC)C(=O)Cn1c(=O)oc(=O)c2ccccc21. The summed E-state index contributed by atoms with van der Waals surface area (Å²) >= 11 is 0. The van der Waals surface area contributed by atoms with E-state index in [9.17, 15) is 14.4 Å². The fourth-order valence-corrected chi connectivity index (χ4v) is 2.46. The quantitative estimate of drug-likeness (QED) is 0.812. The lowest BCUT2D eigenvalue weighted by Gasteiger charge is -2.22. The van der Waals surface area contributed by atoms with Crippen LogP contribution in [0.25, 0.3) is 10.9 Å². The summed E-state index contributed by atoms with van der Waals surface area (Å²) in [5.41, 5.74) is -0.256. The minimum absolute atomic E-state index is 0.122. The average molecular weight is 304 g/mol. The molecule has 2 rings (SSSR count). The molecule has 0 aliphatic carbocycles. The molecule has 0 saturated heterocycles. The second-order valence-electron chi connectivity index (χ2n) is 5.14. The zero-order chi connectivity index (χ0) is 16.1. The Kier molecular flexibility index (Phi) is 5.14. The monoisotopic (exact) mass is 304 g/mol. The number of nitrogens with zero attached hydrogens (tertiary/aromatic N) is 2. The van der Waals surface area contributed by atoms with Gasteiger partial charge in [-0.2, -0.15) is 0 Å². The molecule has 0 radical (unpaired) electrons. The van der Waals surface area contributed by atoms with Crippen LogP contribution in [-0.4, -0.2) is 28.5 Å². The second-order valence-corrected chi connectivity index (χ2v) is 5.14. The largest absolute Gasteiger partial charge is 0.422 e. The summed E-state index contributed by atoms with van der Waals surface area (Å²) in [5.74, 6) is -0.949. The van der Waals surface area contributed by atoms with Gasteiger partial charge in [0.25, 0.3) is 0 Å². The molecule has 0 saturated carbocycles. The van der Waals surface area contributed by atoms with Crippen LogP contribution in [0.15, 0.2) is 38.3 Å². The summed E-state index contributed by atoms with van der Waals surface area (Å²) in [6, 6.07) is 6.64. The van der Waals surface area contributed by atoms with E-state index in [-0.39, 0.29) is 12.5 Å². The van der Waals surface area contributed by atoms with Crippen LogP contribution in [0.1, 0.15) is 26.7 Å². The number of carbonyl (C=O) groups is 1. The molecule has 0 fully saturated rings. The highest BCUT2D eigenvalue weighted by atomic mass is 16.4. The van der Waals surface area contributed by atoms with Crippen molar-refractivity contribution in [3.8, 4) is 0 Å². The van der Waals surface area contributed by atoms with Gasteiger partial charge in [-0.15, -0.1) is 0 Å². The fraction of sp³-hybridized carbons (Fsp3) is 0.438. The van der Waals surface area contributed by atoms with Crippen molar-refractivity contribution in [2.75, 3.05) is 13.1 Å². The first kappa shape index (κ1) is 16.0. The number of hydrogen-bond acceptors (Lipinski definition) is 4. The Morgan fingerprint density at radius 3 is 2.41 bits per heavy atom. The van der Waals surface area contributed by atoms with Gasteiger partial charge in [0.1, 0.15) is 6.54 Å². The maximum absolute atomic E-state index is 12.4. The smallest absolute Gasteiger partial charge is 0.372 e. The Morgan fingerprint density at radius 1 is 1.14 bits per heavy atom. The molecule has 1 amide bonds. The van der Waals surface area contributed by atoms with Gasteiger partial charge in [0, 0.05) is 13.1 Å². The normalized spacial score (nSPS) is 10.8. The zero-order valence-electron chi connectivity index (χ0n) is 12.9. The van der Waals surface area contributed by atoms with E-state index in [0.717, 1.165) is 12.8 Å². The van der Waals surface area contributed by atoms with Gasteiger partial charge in [0.15, 0.2) is 0 Å². The molecule has 0 unspecified atom stereocenters. The topological polar surface area (TPSA) is 72.5 Å². The number of hydrogen-bond donors (Lipinski definition) is 0. The molecule has 1 aromatic carbocycles. The van der Waals surface area contributed by atoms with E-state index in [2.05, 4.69) is 0 Å². The minimum Gasteiger partial charge on any atom is -0.372 e. The van der Waals surface area contributed by atoms with Gasteiger partial charge in [-0.3, -0.25) is 9.36 Å². The van der Waals surface area contributed by atoms with E-state index in [1.807, 2.05) is 13.8 Å². The maximum Gasteiger partial charge on any atom is 0.422 e. The highest BCUT2D eigenvalue weighted by molar-refractivity contribution is 5.81. The molecular formula is C16H20N2O4. The third kappa shape index (κ3) is 3.27. The molecule has 6 nitrogen and oxygen atoms in total. The number of aromatic nitrogens is 1. The third-order valence-electron chi connectivity index (χ3n) is 3.45. The van der Waals surface area contributed by atoms with E-state index < -0.39 is 11.4 Å². The van der Waals surface area contributed by atoms with Gasteiger partial charge in [-0.1, -0.05) is 26.0 Å². The van der Waals surface area contributed by atoms with Gasteiger partial charge < -0.3 is 9.32 Å². The van der Waals surface area contributed by atoms with Crippen molar-refractivity contribution in [3.63, 3.8) is 0 Å². The average Bonchev–Trinajstić information content (AvgIpc) is 2.51. The van der Waals surface area contributed by atoms with E-state index >= 15 is 0 Å². The van der Waals surface area contributed by atoms with Crippen molar-refractivity contribution in [2.24, 2.45) is 0 Å². The Balaban J connectivity index is 2.41. The maximum atomic E-state index is 12.4. The lowest BCUT2D eigenvalue weighted by atomic mass is 10.2. The molecule has 0 atom stereocenters.